The number of hydrogen-bond acceptors (Lipinski definition) is 2. The zero-order valence-corrected chi connectivity index (χ0v) is 9.37. The Kier molecular flexibility index (Phi) is 3.93. The molecule has 1 atom stereocenters. The summed E-state index contributed by atoms with van der Waals surface area (Å²) in [5.74, 6) is -1.62. The quantitative estimate of drug-likeness (QED) is 0.797. The van der Waals surface area contributed by atoms with Crippen LogP contribution >= 0.6 is 24.0 Å². The molecule has 1 heterocycles. The molecule has 1 aliphatic rings. The first-order chi connectivity index (χ1) is 7.09. The molecule has 0 saturated carbocycles. The van der Waals surface area contributed by atoms with E-state index in [4.69, 9.17) is 11.6 Å². The van der Waals surface area contributed by atoms with Gasteiger partial charge in [0.2, 0.25) is 0 Å². The average Bonchev–Trinajstić information content (AvgIpc) is 2.59. The summed E-state index contributed by atoms with van der Waals surface area (Å²) in [6.07, 6.45) is -0.696. The Labute approximate surface area is 101 Å². The average molecular weight is 270 g/mol. The second-order valence-electron chi connectivity index (χ2n) is 3.05. The van der Waals surface area contributed by atoms with E-state index in [-0.39, 0.29) is 29.6 Å². The van der Waals surface area contributed by atoms with Gasteiger partial charge in [-0.25, -0.2) is 13.6 Å². The molecule has 1 amide bonds. The van der Waals surface area contributed by atoms with E-state index < -0.39 is 23.8 Å². The predicted molar refractivity (Wildman–Crippen MR) is 55.8 cm³/mol. The Hall–Kier alpha value is -1.07. The number of halogens is 4. The number of carbonyl (C=O) groups excluding carboxylic acids is 1. The molecule has 1 saturated heterocycles. The van der Waals surface area contributed by atoms with Crippen LogP contribution in [0.2, 0.25) is 5.02 Å². The maximum Gasteiger partial charge on any atom is 0.407 e. The molecule has 0 unspecified atom stereocenters. The van der Waals surface area contributed by atoms with E-state index in [0.29, 0.717) is 0 Å². The van der Waals surface area contributed by atoms with Gasteiger partial charge in [0.15, 0.2) is 0 Å². The maximum atomic E-state index is 13.5. The first kappa shape index (κ1) is 13.0. The van der Waals surface area contributed by atoms with E-state index >= 15 is 0 Å². The molecule has 1 aromatic carbocycles. The lowest BCUT2D eigenvalue weighted by Gasteiger charge is -2.10. The van der Waals surface area contributed by atoms with Gasteiger partial charge in [-0.05, 0) is 12.1 Å². The second kappa shape index (κ2) is 4.84. The molecule has 1 fully saturated rings. The van der Waals surface area contributed by atoms with E-state index in [1.807, 2.05) is 0 Å². The molecule has 0 aliphatic carbocycles. The summed E-state index contributed by atoms with van der Waals surface area (Å²) in [4.78, 5) is 10.7. The summed E-state index contributed by atoms with van der Waals surface area (Å²) in [5, 5.41) is 2.09. The van der Waals surface area contributed by atoms with Crippen molar-refractivity contribution in [2.45, 2.75) is 6.04 Å². The van der Waals surface area contributed by atoms with Gasteiger partial charge >= 0.3 is 6.09 Å². The standard InChI is InChI=1S/C9H6ClF2NO2.ClH/c10-4-1-2-5(11)7(8(4)12)6-3-15-9(14)13-6;/h1-2,6H,3H2,(H,13,14);1H/t6-;/m0./s1. The number of nitrogens with one attached hydrogen (secondary N) is 1. The van der Waals surface area contributed by atoms with Gasteiger partial charge in [-0.1, -0.05) is 11.6 Å². The van der Waals surface area contributed by atoms with Crippen LogP contribution in [0.3, 0.4) is 0 Å². The highest BCUT2D eigenvalue weighted by molar-refractivity contribution is 6.30. The molecule has 1 N–H and O–H groups in total. The van der Waals surface area contributed by atoms with Gasteiger partial charge in [-0.3, -0.25) is 0 Å². The van der Waals surface area contributed by atoms with Crippen molar-refractivity contribution in [3.63, 3.8) is 0 Å². The Bertz CT molecular complexity index is 428. The summed E-state index contributed by atoms with van der Waals surface area (Å²) >= 11 is 5.51. The van der Waals surface area contributed by atoms with E-state index in [0.717, 1.165) is 12.1 Å². The monoisotopic (exact) mass is 269 g/mol. The lowest BCUT2D eigenvalue weighted by atomic mass is 10.1. The number of rotatable bonds is 1. The molecule has 0 bridgehead atoms. The van der Waals surface area contributed by atoms with Crippen LogP contribution in [-0.2, 0) is 4.74 Å². The zero-order chi connectivity index (χ0) is 11.0. The molecule has 88 valence electrons. The molecule has 1 aliphatic heterocycles. The van der Waals surface area contributed by atoms with Crippen LogP contribution < -0.4 is 5.32 Å². The van der Waals surface area contributed by atoms with Crippen molar-refractivity contribution < 1.29 is 18.3 Å². The Balaban J connectivity index is 0.00000128. The molecule has 7 heteroatoms. The van der Waals surface area contributed by atoms with Gasteiger partial charge in [-0.2, -0.15) is 0 Å². The van der Waals surface area contributed by atoms with Crippen molar-refractivity contribution in [1.82, 2.24) is 5.32 Å². The SMILES string of the molecule is Cl.O=C1N[C@H](c2c(F)ccc(Cl)c2F)CO1. The number of alkyl carbamates (subject to hydrolysis) is 1. The minimum atomic E-state index is -0.868. The molecule has 16 heavy (non-hydrogen) atoms. The molecule has 2 rings (SSSR count). The van der Waals surface area contributed by atoms with E-state index in [9.17, 15) is 13.6 Å². The third kappa shape index (κ3) is 2.20. The fraction of sp³-hybridized carbons (Fsp3) is 0.222. The number of cyclic esters (lactones) is 1. The zero-order valence-electron chi connectivity index (χ0n) is 7.80. The highest BCUT2D eigenvalue weighted by atomic mass is 35.5. The fourth-order valence-electron chi connectivity index (χ4n) is 1.40. The van der Waals surface area contributed by atoms with Crippen LogP contribution in [-0.4, -0.2) is 12.7 Å². The molecular weight excluding hydrogens is 263 g/mol. The second-order valence-corrected chi connectivity index (χ2v) is 3.46. The normalized spacial score (nSPS) is 18.7. The highest BCUT2D eigenvalue weighted by Gasteiger charge is 2.29. The van der Waals surface area contributed by atoms with E-state index in [1.165, 1.54) is 0 Å². The van der Waals surface area contributed by atoms with Crippen molar-refractivity contribution in [1.29, 1.82) is 0 Å². The molecule has 0 spiro atoms. The van der Waals surface area contributed by atoms with Crippen LogP contribution in [0.4, 0.5) is 13.6 Å². The topological polar surface area (TPSA) is 38.3 Å². The summed E-state index contributed by atoms with van der Waals surface area (Å²) in [6.45, 7) is -0.104. The lowest BCUT2D eigenvalue weighted by Crippen LogP contribution is -2.20. The molecule has 0 aromatic heterocycles. The summed E-state index contributed by atoms with van der Waals surface area (Å²) < 4.78 is 31.3. The highest BCUT2D eigenvalue weighted by Crippen LogP contribution is 2.28. The number of ether oxygens (including phenoxy) is 1. The third-order valence-electron chi connectivity index (χ3n) is 2.10. The van der Waals surface area contributed by atoms with Gasteiger partial charge < -0.3 is 10.1 Å². The first-order valence-electron chi connectivity index (χ1n) is 4.16. The maximum absolute atomic E-state index is 13.5. The molecule has 3 nitrogen and oxygen atoms in total. The van der Waals surface area contributed by atoms with Gasteiger partial charge in [0.1, 0.15) is 18.2 Å². The van der Waals surface area contributed by atoms with Crippen molar-refractivity contribution in [2.24, 2.45) is 0 Å². The summed E-state index contributed by atoms with van der Waals surface area (Å²) in [7, 11) is 0. The smallest absolute Gasteiger partial charge is 0.407 e. The minimum absolute atomic E-state index is 0. The predicted octanol–water partition coefficient (Wildman–Crippen LogP) is 2.82. The third-order valence-corrected chi connectivity index (χ3v) is 2.39. The number of benzene rings is 1. The Morgan fingerprint density at radius 3 is 2.69 bits per heavy atom. The number of amides is 1. The van der Waals surface area contributed by atoms with Crippen LogP contribution in [0, 0.1) is 11.6 Å². The van der Waals surface area contributed by atoms with E-state index in [1.54, 1.807) is 0 Å². The summed E-state index contributed by atoms with van der Waals surface area (Å²) in [6, 6.07) is 1.34. The largest absolute Gasteiger partial charge is 0.447 e. The molecule has 0 radical (unpaired) electrons. The fourth-order valence-corrected chi connectivity index (χ4v) is 1.57. The first-order valence-corrected chi connectivity index (χ1v) is 4.54. The van der Waals surface area contributed by atoms with Crippen molar-refractivity contribution in [2.75, 3.05) is 6.61 Å². The van der Waals surface area contributed by atoms with Crippen LogP contribution in [0.5, 0.6) is 0 Å². The number of carbonyl (C=O) groups is 1. The van der Waals surface area contributed by atoms with Gasteiger partial charge in [0.05, 0.1) is 16.6 Å². The molecule has 1 aromatic rings. The number of hydrogen-bond donors (Lipinski definition) is 1. The molecular formula is C9H7Cl2F2NO2. The van der Waals surface area contributed by atoms with Gasteiger partial charge in [-0.15, -0.1) is 12.4 Å². The Morgan fingerprint density at radius 2 is 2.12 bits per heavy atom. The van der Waals surface area contributed by atoms with Gasteiger partial charge in [0.25, 0.3) is 0 Å². The van der Waals surface area contributed by atoms with Crippen molar-refractivity contribution in [3.05, 3.63) is 34.4 Å². The van der Waals surface area contributed by atoms with E-state index in [2.05, 4.69) is 10.1 Å². The van der Waals surface area contributed by atoms with Crippen molar-refractivity contribution >= 4 is 30.1 Å². The van der Waals surface area contributed by atoms with Crippen LogP contribution in [0.1, 0.15) is 11.6 Å². The summed E-state index contributed by atoms with van der Waals surface area (Å²) in [5.41, 5.74) is -0.270. The Morgan fingerprint density at radius 1 is 1.44 bits per heavy atom. The lowest BCUT2D eigenvalue weighted by molar-refractivity contribution is 0.176. The van der Waals surface area contributed by atoms with Crippen molar-refractivity contribution in [3.8, 4) is 0 Å². The minimum Gasteiger partial charge on any atom is -0.447 e. The van der Waals surface area contributed by atoms with Crippen LogP contribution in [0.25, 0.3) is 0 Å². The van der Waals surface area contributed by atoms with Gasteiger partial charge in [0, 0.05) is 0 Å². The van der Waals surface area contributed by atoms with Crippen LogP contribution in [0.15, 0.2) is 12.1 Å².